The smallest absolute Gasteiger partial charge is 0.126 e. The van der Waals surface area contributed by atoms with Crippen molar-refractivity contribution in [3.8, 4) is 0 Å². The Labute approximate surface area is 102 Å². The number of nitrogens with zero attached hydrogens (tertiary/aromatic N) is 1. The summed E-state index contributed by atoms with van der Waals surface area (Å²) in [5.41, 5.74) is 0.633. The largest absolute Gasteiger partial charge is 0.308 e. The number of likely N-dealkylation sites (N-methyl/N-ethyl adjacent to an activating group) is 1. The average molecular weight is 242 g/mol. The Kier molecular flexibility index (Phi) is 5.02. The van der Waals surface area contributed by atoms with Gasteiger partial charge < -0.3 is 10.2 Å². The van der Waals surface area contributed by atoms with E-state index in [1.165, 1.54) is 12.1 Å². The molecular formula is C13H20F2N2. The Morgan fingerprint density at radius 1 is 1.12 bits per heavy atom. The lowest BCUT2D eigenvalue weighted by atomic mass is 10.1. The number of hydrogen-bond acceptors (Lipinski definition) is 2. The van der Waals surface area contributed by atoms with Crippen LogP contribution in [0.1, 0.15) is 25.5 Å². The zero-order valence-electron chi connectivity index (χ0n) is 10.8. The minimum Gasteiger partial charge on any atom is -0.308 e. The van der Waals surface area contributed by atoms with Gasteiger partial charge in [-0.2, -0.15) is 0 Å². The lowest BCUT2D eigenvalue weighted by Crippen LogP contribution is -2.37. The van der Waals surface area contributed by atoms with Gasteiger partial charge in [-0.25, -0.2) is 8.78 Å². The molecule has 1 aromatic carbocycles. The lowest BCUT2D eigenvalue weighted by molar-refractivity contribution is 0.334. The van der Waals surface area contributed by atoms with Crippen LogP contribution >= 0.6 is 0 Å². The maximum Gasteiger partial charge on any atom is 0.126 e. The molecule has 0 saturated carbocycles. The van der Waals surface area contributed by atoms with Crippen molar-refractivity contribution in [2.24, 2.45) is 0 Å². The molecule has 0 heterocycles. The van der Waals surface area contributed by atoms with Crippen molar-refractivity contribution in [3.63, 3.8) is 0 Å². The summed E-state index contributed by atoms with van der Waals surface area (Å²) >= 11 is 0. The van der Waals surface area contributed by atoms with E-state index in [1.807, 2.05) is 27.9 Å². The molecule has 0 fully saturated rings. The molecule has 0 amide bonds. The molecule has 0 spiro atoms. The SMILES string of the molecule is CC(CN(C)C)NC(C)c1cc(F)cc(F)c1. The van der Waals surface area contributed by atoms with E-state index in [2.05, 4.69) is 10.2 Å². The second kappa shape index (κ2) is 6.07. The summed E-state index contributed by atoms with van der Waals surface area (Å²) in [5.74, 6) is -1.07. The third-order valence-corrected chi connectivity index (χ3v) is 2.56. The third-order valence-electron chi connectivity index (χ3n) is 2.56. The zero-order valence-corrected chi connectivity index (χ0v) is 10.8. The fraction of sp³-hybridized carbons (Fsp3) is 0.538. The Balaban J connectivity index is 2.66. The predicted molar refractivity (Wildman–Crippen MR) is 65.9 cm³/mol. The second-order valence-corrected chi connectivity index (χ2v) is 4.75. The number of benzene rings is 1. The highest BCUT2D eigenvalue weighted by molar-refractivity contribution is 5.21. The summed E-state index contributed by atoms with van der Waals surface area (Å²) < 4.78 is 26.1. The Hall–Kier alpha value is -1.00. The second-order valence-electron chi connectivity index (χ2n) is 4.75. The van der Waals surface area contributed by atoms with E-state index in [0.717, 1.165) is 12.6 Å². The van der Waals surface area contributed by atoms with Crippen molar-refractivity contribution in [1.29, 1.82) is 0 Å². The molecule has 2 atom stereocenters. The molecule has 1 N–H and O–H groups in total. The first-order chi connectivity index (χ1) is 7.88. The normalized spacial score (nSPS) is 15.0. The molecule has 4 heteroatoms. The zero-order chi connectivity index (χ0) is 13.0. The molecule has 0 aliphatic rings. The van der Waals surface area contributed by atoms with Crippen LogP contribution in [0, 0.1) is 11.6 Å². The van der Waals surface area contributed by atoms with E-state index in [1.54, 1.807) is 0 Å². The van der Waals surface area contributed by atoms with Gasteiger partial charge in [0.25, 0.3) is 0 Å². The van der Waals surface area contributed by atoms with E-state index >= 15 is 0 Å². The van der Waals surface area contributed by atoms with Crippen LogP contribution in [0.2, 0.25) is 0 Å². The molecule has 0 saturated heterocycles. The van der Waals surface area contributed by atoms with Gasteiger partial charge in [-0.05, 0) is 45.6 Å². The number of hydrogen-bond donors (Lipinski definition) is 1. The standard InChI is InChI=1S/C13H20F2N2/c1-9(8-17(3)4)16-10(2)11-5-12(14)7-13(15)6-11/h5-7,9-10,16H,8H2,1-4H3. The first kappa shape index (κ1) is 14.1. The van der Waals surface area contributed by atoms with Crippen molar-refractivity contribution in [2.75, 3.05) is 20.6 Å². The van der Waals surface area contributed by atoms with Crippen LogP contribution in [-0.2, 0) is 0 Å². The van der Waals surface area contributed by atoms with Gasteiger partial charge in [-0.3, -0.25) is 0 Å². The molecular weight excluding hydrogens is 222 g/mol. The van der Waals surface area contributed by atoms with Gasteiger partial charge >= 0.3 is 0 Å². The van der Waals surface area contributed by atoms with Crippen molar-refractivity contribution < 1.29 is 8.78 Å². The van der Waals surface area contributed by atoms with Gasteiger partial charge in [-0.15, -0.1) is 0 Å². The Morgan fingerprint density at radius 2 is 1.65 bits per heavy atom. The molecule has 1 aromatic rings. The van der Waals surface area contributed by atoms with Crippen LogP contribution in [0.3, 0.4) is 0 Å². The van der Waals surface area contributed by atoms with Gasteiger partial charge in [0.05, 0.1) is 0 Å². The minimum absolute atomic E-state index is 0.0739. The number of rotatable bonds is 5. The summed E-state index contributed by atoms with van der Waals surface area (Å²) in [5, 5.41) is 3.31. The quantitative estimate of drug-likeness (QED) is 0.853. The van der Waals surface area contributed by atoms with Crippen LogP contribution < -0.4 is 5.32 Å². The molecule has 0 bridgehead atoms. The van der Waals surface area contributed by atoms with Crippen LogP contribution in [0.5, 0.6) is 0 Å². The molecule has 2 unspecified atom stereocenters. The third kappa shape index (κ3) is 4.79. The van der Waals surface area contributed by atoms with E-state index < -0.39 is 11.6 Å². The highest BCUT2D eigenvalue weighted by atomic mass is 19.1. The van der Waals surface area contributed by atoms with Crippen LogP contribution in [-0.4, -0.2) is 31.6 Å². The molecule has 2 nitrogen and oxygen atoms in total. The Bertz CT molecular complexity index is 346. The highest BCUT2D eigenvalue weighted by Crippen LogP contribution is 2.16. The summed E-state index contributed by atoms with van der Waals surface area (Å²) in [6.45, 7) is 4.83. The Morgan fingerprint density at radius 3 is 2.12 bits per heavy atom. The average Bonchev–Trinajstić information content (AvgIpc) is 2.14. The molecule has 1 rings (SSSR count). The van der Waals surface area contributed by atoms with Gasteiger partial charge in [-0.1, -0.05) is 0 Å². The molecule has 0 aromatic heterocycles. The summed E-state index contributed by atoms with van der Waals surface area (Å²) in [4.78, 5) is 2.07. The molecule has 96 valence electrons. The lowest BCUT2D eigenvalue weighted by Gasteiger charge is -2.23. The molecule has 0 aliphatic carbocycles. The summed E-state index contributed by atoms with van der Waals surface area (Å²) in [6, 6.07) is 3.80. The minimum atomic E-state index is -0.533. The maximum absolute atomic E-state index is 13.1. The predicted octanol–water partition coefficient (Wildman–Crippen LogP) is 2.57. The van der Waals surface area contributed by atoms with Crippen LogP contribution in [0.25, 0.3) is 0 Å². The van der Waals surface area contributed by atoms with Crippen molar-refractivity contribution in [2.45, 2.75) is 25.9 Å². The number of halogens is 2. The fourth-order valence-electron chi connectivity index (χ4n) is 1.95. The monoisotopic (exact) mass is 242 g/mol. The van der Waals surface area contributed by atoms with E-state index in [-0.39, 0.29) is 12.1 Å². The molecule has 0 radical (unpaired) electrons. The first-order valence-corrected chi connectivity index (χ1v) is 5.75. The van der Waals surface area contributed by atoms with Crippen LogP contribution in [0.4, 0.5) is 8.78 Å². The fourth-order valence-corrected chi connectivity index (χ4v) is 1.95. The van der Waals surface area contributed by atoms with Gasteiger partial charge in [0.15, 0.2) is 0 Å². The van der Waals surface area contributed by atoms with Crippen molar-refractivity contribution in [1.82, 2.24) is 10.2 Å². The van der Waals surface area contributed by atoms with Gasteiger partial charge in [0.2, 0.25) is 0 Å². The van der Waals surface area contributed by atoms with E-state index in [0.29, 0.717) is 5.56 Å². The van der Waals surface area contributed by atoms with Crippen molar-refractivity contribution in [3.05, 3.63) is 35.4 Å². The topological polar surface area (TPSA) is 15.3 Å². The summed E-state index contributed by atoms with van der Waals surface area (Å²) in [6.07, 6.45) is 0. The van der Waals surface area contributed by atoms with E-state index in [9.17, 15) is 8.78 Å². The maximum atomic E-state index is 13.1. The van der Waals surface area contributed by atoms with Crippen LogP contribution in [0.15, 0.2) is 18.2 Å². The van der Waals surface area contributed by atoms with Gasteiger partial charge in [0, 0.05) is 24.7 Å². The summed E-state index contributed by atoms with van der Waals surface area (Å²) in [7, 11) is 3.98. The van der Waals surface area contributed by atoms with Gasteiger partial charge in [0.1, 0.15) is 11.6 Å². The van der Waals surface area contributed by atoms with Crippen molar-refractivity contribution >= 4 is 0 Å². The highest BCUT2D eigenvalue weighted by Gasteiger charge is 2.12. The molecule has 17 heavy (non-hydrogen) atoms. The van der Waals surface area contributed by atoms with E-state index in [4.69, 9.17) is 0 Å². The molecule has 0 aliphatic heterocycles. The first-order valence-electron chi connectivity index (χ1n) is 5.75. The number of nitrogens with one attached hydrogen (secondary N) is 1.